The van der Waals surface area contributed by atoms with Crippen LogP contribution >= 0.6 is 11.6 Å². The number of hydrogen-bond donors (Lipinski definition) is 0. The van der Waals surface area contributed by atoms with E-state index in [2.05, 4.69) is 5.10 Å². The van der Waals surface area contributed by atoms with Crippen molar-refractivity contribution < 1.29 is 28.2 Å². The number of hydrogen-bond acceptors (Lipinski definition) is 9. The first-order chi connectivity index (χ1) is 19.9. The van der Waals surface area contributed by atoms with Gasteiger partial charge in [-0.1, -0.05) is 29.8 Å². The number of ether oxygens (including phenoxy) is 4. The highest BCUT2D eigenvalue weighted by Gasteiger charge is 2.19. The van der Waals surface area contributed by atoms with E-state index in [9.17, 15) is 9.59 Å². The van der Waals surface area contributed by atoms with Gasteiger partial charge in [-0.3, -0.25) is 4.79 Å². The Hall–Kier alpha value is -4.83. The molecule has 0 N–H and O–H groups in total. The van der Waals surface area contributed by atoms with Crippen LogP contribution in [-0.4, -0.2) is 48.8 Å². The van der Waals surface area contributed by atoms with Gasteiger partial charge in [0.05, 0.1) is 47.8 Å². The molecule has 0 radical (unpaired) electrons. The minimum absolute atomic E-state index is 0.190. The van der Waals surface area contributed by atoms with E-state index in [1.165, 1.54) is 10.9 Å². The summed E-state index contributed by atoms with van der Waals surface area (Å²) in [4.78, 5) is 30.1. The predicted molar refractivity (Wildman–Crippen MR) is 156 cm³/mol. The maximum absolute atomic E-state index is 13.6. The Kier molecular flexibility index (Phi) is 8.21. The Labute approximate surface area is 239 Å². The number of halogens is 1. The first kappa shape index (κ1) is 27.7. The number of methoxy groups -OCH3 is 1. The molecule has 5 aromatic rings. The average Bonchev–Trinajstić information content (AvgIpc) is 3.41. The molecule has 0 spiro atoms. The third-order valence-corrected chi connectivity index (χ3v) is 6.29. The molecule has 0 unspecified atom stereocenters. The van der Waals surface area contributed by atoms with Gasteiger partial charge in [0.2, 0.25) is 5.82 Å². The van der Waals surface area contributed by atoms with Crippen LogP contribution in [0, 0.1) is 0 Å². The highest BCUT2D eigenvalue weighted by molar-refractivity contribution is 6.32. The van der Waals surface area contributed by atoms with Gasteiger partial charge in [0.15, 0.2) is 23.9 Å². The standard InChI is InChI=1S/C30H26ClN3O7/c1-4-38-25-14-18(13-21(31)28(25)40-17-27(35)39-5-2)16-32-34-29(33-22-10-7-6-9-19(22)30(34)36)26-15-20-23(37-3)11-8-12-24(20)41-26/h6-16H,4-5,17H2,1-3H3. The second-order valence-corrected chi connectivity index (χ2v) is 9.06. The van der Waals surface area contributed by atoms with Crippen LogP contribution in [0.25, 0.3) is 33.5 Å². The largest absolute Gasteiger partial charge is 0.496 e. The molecule has 0 aliphatic carbocycles. The zero-order chi connectivity index (χ0) is 28.9. The number of aromatic nitrogens is 2. The molecule has 11 heteroatoms. The minimum atomic E-state index is -0.532. The van der Waals surface area contributed by atoms with Gasteiger partial charge in [0.25, 0.3) is 5.56 Å². The Morgan fingerprint density at radius 3 is 2.63 bits per heavy atom. The lowest BCUT2D eigenvalue weighted by molar-refractivity contribution is -0.145. The van der Waals surface area contributed by atoms with E-state index in [1.54, 1.807) is 69.5 Å². The molecular formula is C30H26ClN3O7. The Bertz CT molecular complexity index is 1830. The second kappa shape index (κ2) is 12.1. The van der Waals surface area contributed by atoms with Crippen molar-refractivity contribution in [3.05, 3.63) is 81.6 Å². The number of fused-ring (bicyclic) bond motifs is 2. The number of esters is 1. The fraction of sp³-hybridized carbons (Fsp3) is 0.200. The van der Waals surface area contributed by atoms with E-state index in [4.69, 9.17) is 39.9 Å². The molecule has 0 aliphatic heterocycles. The van der Waals surface area contributed by atoms with E-state index < -0.39 is 5.97 Å². The quantitative estimate of drug-likeness (QED) is 0.154. The summed E-state index contributed by atoms with van der Waals surface area (Å²) in [5.41, 5.74) is 1.19. The minimum Gasteiger partial charge on any atom is -0.496 e. The van der Waals surface area contributed by atoms with E-state index in [0.717, 1.165) is 5.39 Å². The van der Waals surface area contributed by atoms with Gasteiger partial charge < -0.3 is 23.4 Å². The number of benzene rings is 3. The van der Waals surface area contributed by atoms with Gasteiger partial charge in [-0.05, 0) is 61.9 Å². The van der Waals surface area contributed by atoms with Crippen molar-refractivity contribution in [2.75, 3.05) is 26.9 Å². The van der Waals surface area contributed by atoms with Gasteiger partial charge in [-0.15, -0.1) is 0 Å². The zero-order valence-corrected chi connectivity index (χ0v) is 23.3. The summed E-state index contributed by atoms with van der Waals surface area (Å²) >= 11 is 6.50. The summed E-state index contributed by atoms with van der Waals surface area (Å²) in [6.07, 6.45) is 1.45. The zero-order valence-electron chi connectivity index (χ0n) is 22.5. The van der Waals surface area contributed by atoms with Crippen LogP contribution < -0.4 is 19.8 Å². The number of carbonyl (C=O) groups excluding carboxylic acids is 1. The number of rotatable bonds is 10. The van der Waals surface area contributed by atoms with Gasteiger partial charge in [0, 0.05) is 0 Å². The van der Waals surface area contributed by atoms with Gasteiger partial charge in [-0.2, -0.15) is 9.78 Å². The van der Waals surface area contributed by atoms with Crippen molar-refractivity contribution in [3.63, 3.8) is 0 Å². The smallest absolute Gasteiger partial charge is 0.344 e. The molecule has 0 fully saturated rings. The van der Waals surface area contributed by atoms with Crippen LogP contribution in [0.3, 0.4) is 0 Å². The summed E-state index contributed by atoms with van der Waals surface area (Å²) < 4.78 is 28.9. The number of carbonyl (C=O) groups is 1. The molecule has 2 aromatic heterocycles. The molecule has 10 nitrogen and oxygen atoms in total. The predicted octanol–water partition coefficient (Wildman–Crippen LogP) is 5.69. The highest BCUT2D eigenvalue weighted by atomic mass is 35.5. The molecule has 0 aliphatic rings. The Morgan fingerprint density at radius 2 is 1.85 bits per heavy atom. The lowest BCUT2D eigenvalue weighted by Gasteiger charge is -2.14. The maximum Gasteiger partial charge on any atom is 0.344 e. The molecule has 0 bridgehead atoms. The fourth-order valence-electron chi connectivity index (χ4n) is 4.24. The number of nitrogens with zero attached hydrogens (tertiary/aromatic N) is 3. The van der Waals surface area contributed by atoms with Crippen LogP contribution in [0.4, 0.5) is 0 Å². The molecular weight excluding hydrogens is 550 g/mol. The first-order valence-corrected chi connectivity index (χ1v) is 13.2. The third-order valence-electron chi connectivity index (χ3n) is 6.01. The van der Waals surface area contributed by atoms with Crippen LogP contribution in [0.15, 0.2) is 75.0 Å². The third kappa shape index (κ3) is 5.73. The van der Waals surface area contributed by atoms with Crippen molar-refractivity contribution in [1.82, 2.24) is 9.66 Å². The highest BCUT2D eigenvalue weighted by Crippen LogP contribution is 2.37. The molecule has 2 heterocycles. The summed E-state index contributed by atoms with van der Waals surface area (Å²) in [5.74, 6) is 1.13. The van der Waals surface area contributed by atoms with E-state index in [1.807, 2.05) is 12.1 Å². The molecule has 5 rings (SSSR count). The monoisotopic (exact) mass is 575 g/mol. The topological polar surface area (TPSA) is 114 Å². The van der Waals surface area contributed by atoms with E-state index >= 15 is 0 Å². The normalized spacial score (nSPS) is 11.3. The van der Waals surface area contributed by atoms with Gasteiger partial charge >= 0.3 is 5.97 Å². The van der Waals surface area contributed by atoms with Gasteiger partial charge in [-0.25, -0.2) is 9.78 Å². The summed E-state index contributed by atoms with van der Waals surface area (Å²) in [5, 5.41) is 5.79. The number of para-hydroxylation sites is 1. The Morgan fingerprint density at radius 1 is 1.02 bits per heavy atom. The van der Waals surface area contributed by atoms with Crippen molar-refractivity contribution in [2.24, 2.45) is 5.10 Å². The van der Waals surface area contributed by atoms with Crippen LogP contribution in [0.1, 0.15) is 19.4 Å². The molecule has 0 amide bonds. The molecule has 0 saturated heterocycles. The summed E-state index contributed by atoms with van der Waals surface area (Å²) in [7, 11) is 1.57. The Balaban J connectivity index is 1.59. The van der Waals surface area contributed by atoms with Crippen molar-refractivity contribution in [3.8, 4) is 28.8 Å². The van der Waals surface area contributed by atoms with E-state index in [-0.39, 0.29) is 35.4 Å². The molecule has 210 valence electrons. The summed E-state index contributed by atoms with van der Waals surface area (Å²) in [6, 6.07) is 17.4. The fourth-order valence-corrected chi connectivity index (χ4v) is 4.51. The lowest BCUT2D eigenvalue weighted by Crippen LogP contribution is -2.20. The van der Waals surface area contributed by atoms with Crippen molar-refractivity contribution >= 4 is 45.7 Å². The van der Waals surface area contributed by atoms with E-state index in [0.29, 0.717) is 45.9 Å². The lowest BCUT2D eigenvalue weighted by atomic mass is 10.2. The SMILES string of the molecule is CCOC(=O)COc1c(Cl)cc(C=Nn2c(-c3cc4c(OC)cccc4o3)nc3ccccc3c2=O)cc1OCC. The van der Waals surface area contributed by atoms with Crippen LogP contribution in [-0.2, 0) is 9.53 Å². The maximum atomic E-state index is 13.6. The molecule has 41 heavy (non-hydrogen) atoms. The van der Waals surface area contributed by atoms with Crippen molar-refractivity contribution in [1.29, 1.82) is 0 Å². The van der Waals surface area contributed by atoms with Crippen LogP contribution in [0.5, 0.6) is 17.2 Å². The summed E-state index contributed by atoms with van der Waals surface area (Å²) in [6.45, 7) is 3.73. The van der Waals surface area contributed by atoms with Gasteiger partial charge in [0.1, 0.15) is 11.3 Å². The number of furan rings is 1. The van der Waals surface area contributed by atoms with Crippen molar-refractivity contribution in [2.45, 2.75) is 13.8 Å². The average molecular weight is 576 g/mol. The second-order valence-electron chi connectivity index (χ2n) is 8.65. The first-order valence-electron chi connectivity index (χ1n) is 12.8. The molecule has 0 saturated carbocycles. The van der Waals surface area contributed by atoms with Crippen LogP contribution in [0.2, 0.25) is 5.02 Å². The molecule has 3 aromatic carbocycles. The molecule has 0 atom stereocenters.